The second-order valence-corrected chi connectivity index (χ2v) is 12.1. The third-order valence-electron chi connectivity index (χ3n) is 2.97. The number of rotatable bonds is 3. The van der Waals surface area contributed by atoms with Crippen LogP contribution in [0.4, 0.5) is 0 Å². The summed E-state index contributed by atoms with van der Waals surface area (Å²) in [5, 5.41) is 1.78. The minimum absolute atomic E-state index is 0.232. The number of hydrogen-bond acceptors (Lipinski definition) is 2. The Hall–Kier alpha value is 0.202. The molecule has 0 radical (unpaired) electrons. The predicted octanol–water partition coefficient (Wildman–Crippen LogP) is 5.14. The van der Waals surface area contributed by atoms with Gasteiger partial charge in [0.2, 0.25) is 0 Å². The molecular weight excluding hydrogens is 409 g/mol. The molecule has 1 aromatic rings. The molecule has 5 heteroatoms. The normalized spacial score (nSPS) is 11.8. The molecule has 131 valence electrons. The van der Waals surface area contributed by atoms with Gasteiger partial charge < -0.3 is 9.47 Å². The second kappa shape index (κ2) is 9.49. The van der Waals surface area contributed by atoms with Crippen LogP contribution in [0, 0.1) is 0 Å². The molecule has 0 saturated heterocycles. The molecule has 0 aliphatic carbocycles. The van der Waals surface area contributed by atoms with E-state index in [1.54, 1.807) is 14.2 Å². The van der Waals surface area contributed by atoms with Gasteiger partial charge in [-0.1, -0.05) is 49.5 Å². The van der Waals surface area contributed by atoms with Crippen molar-refractivity contribution in [1.29, 1.82) is 0 Å². The van der Waals surface area contributed by atoms with E-state index in [2.05, 4.69) is 66.8 Å². The van der Waals surface area contributed by atoms with E-state index in [1.165, 1.54) is 5.30 Å². The maximum atomic E-state index is 5.60. The molecule has 2 nitrogen and oxygen atoms in total. The molecule has 0 saturated carbocycles. The molecule has 0 N–H and O–H groups in total. The van der Waals surface area contributed by atoms with Gasteiger partial charge in [0.1, 0.15) is 11.5 Å². The van der Waals surface area contributed by atoms with E-state index in [0.717, 1.165) is 11.5 Å². The molecule has 0 heterocycles. The van der Waals surface area contributed by atoms with Crippen molar-refractivity contribution in [2.75, 3.05) is 18.6 Å². The van der Waals surface area contributed by atoms with Gasteiger partial charge in [-0.05, 0) is 22.4 Å². The molecule has 1 aromatic carbocycles. The zero-order valence-electron chi connectivity index (χ0n) is 14.9. The van der Waals surface area contributed by atoms with Crippen LogP contribution < -0.4 is 14.8 Å². The summed E-state index contributed by atoms with van der Waals surface area (Å²) in [7, 11) is 3.06. The summed E-state index contributed by atoms with van der Waals surface area (Å²) in [5.74, 6) is 1.79. The van der Waals surface area contributed by atoms with E-state index in [9.17, 15) is 0 Å². The Morgan fingerprint density at radius 1 is 1.00 bits per heavy atom. The van der Waals surface area contributed by atoms with Gasteiger partial charge >= 0.3 is 35.2 Å². The molecule has 0 aliphatic rings. The Bertz CT molecular complexity index is 439. The predicted molar refractivity (Wildman–Crippen MR) is 96.3 cm³/mol. The molecule has 0 aliphatic heterocycles. The van der Waals surface area contributed by atoms with Crippen LogP contribution in [-0.4, -0.2) is 28.9 Å². The van der Waals surface area contributed by atoms with Crippen molar-refractivity contribution in [3.8, 4) is 11.5 Å². The molecule has 0 fully saturated rings. The van der Waals surface area contributed by atoms with Gasteiger partial charge in [0.15, 0.2) is 0 Å². The van der Waals surface area contributed by atoms with Crippen LogP contribution in [0.25, 0.3) is 0 Å². The number of methoxy groups -OCH3 is 2. The van der Waals surface area contributed by atoms with Crippen molar-refractivity contribution in [3.05, 3.63) is 18.2 Å². The Labute approximate surface area is 153 Å². The SMILES string of the molecule is COc1ccc(P(C(C)(C)C)C(C)(C)C)c(OC)c1.Cl[CH2][Pd]. The van der Waals surface area contributed by atoms with Crippen LogP contribution in [0.5, 0.6) is 11.5 Å². The van der Waals surface area contributed by atoms with Crippen LogP contribution in [0.3, 0.4) is 0 Å². The van der Waals surface area contributed by atoms with Crippen molar-refractivity contribution < 1.29 is 28.7 Å². The van der Waals surface area contributed by atoms with Gasteiger partial charge in [0.25, 0.3) is 0 Å². The first-order valence-electron chi connectivity index (χ1n) is 7.12. The third kappa shape index (κ3) is 6.76. The number of benzene rings is 1. The van der Waals surface area contributed by atoms with Crippen LogP contribution in [0.15, 0.2) is 18.2 Å². The van der Waals surface area contributed by atoms with Crippen molar-refractivity contribution in [2.45, 2.75) is 51.9 Å². The maximum absolute atomic E-state index is 5.60. The fraction of sp³-hybridized carbons (Fsp3) is 0.647. The molecule has 22 heavy (non-hydrogen) atoms. The van der Waals surface area contributed by atoms with E-state index in [0.29, 0.717) is 4.35 Å². The quantitative estimate of drug-likeness (QED) is 0.370. The summed E-state index contributed by atoms with van der Waals surface area (Å²) in [6, 6.07) is 6.19. The van der Waals surface area contributed by atoms with E-state index < -0.39 is 0 Å². The Morgan fingerprint density at radius 2 is 1.45 bits per heavy atom. The minimum atomic E-state index is -0.362. The summed E-state index contributed by atoms with van der Waals surface area (Å²) in [6.45, 7) is 13.9. The Balaban J connectivity index is 0.00000135. The average Bonchev–Trinajstić information content (AvgIpc) is 2.36. The summed E-state index contributed by atoms with van der Waals surface area (Å²) in [6.07, 6.45) is 0. The summed E-state index contributed by atoms with van der Waals surface area (Å²) >= 11 is 7.64. The average molecular weight is 438 g/mol. The number of alkyl halides is 1. The van der Waals surface area contributed by atoms with Crippen LogP contribution in [0.2, 0.25) is 0 Å². The molecule has 0 spiro atoms. The van der Waals surface area contributed by atoms with Gasteiger partial charge in [0, 0.05) is 11.4 Å². The Morgan fingerprint density at radius 3 is 1.77 bits per heavy atom. The third-order valence-corrected chi connectivity index (χ3v) is 6.50. The van der Waals surface area contributed by atoms with Crippen LogP contribution in [-0.2, 0) is 19.2 Å². The topological polar surface area (TPSA) is 18.5 Å². The van der Waals surface area contributed by atoms with E-state index in [-0.39, 0.29) is 18.2 Å². The summed E-state index contributed by atoms with van der Waals surface area (Å²) < 4.78 is 11.5. The van der Waals surface area contributed by atoms with Crippen molar-refractivity contribution >= 4 is 24.8 Å². The van der Waals surface area contributed by atoms with Gasteiger partial charge in [-0.15, -0.1) is 0 Å². The van der Waals surface area contributed by atoms with Gasteiger partial charge in [-0.25, -0.2) is 0 Å². The molecule has 0 bridgehead atoms. The first-order valence-corrected chi connectivity index (χ1v) is 10.1. The zero-order valence-corrected chi connectivity index (χ0v) is 18.1. The molecule has 0 atom stereocenters. The number of ether oxygens (including phenoxy) is 2. The van der Waals surface area contributed by atoms with E-state index >= 15 is 0 Å². The van der Waals surface area contributed by atoms with E-state index in [4.69, 9.17) is 21.1 Å². The first-order chi connectivity index (χ1) is 10.0. The second-order valence-electron chi connectivity index (χ2n) is 6.80. The van der Waals surface area contributed by atoms with E-state index in [1.807, 2.05) is 12.1 Å². The molecular formula is C17H29ClO2PPd. The summed E-state index contributed by atoms with van der Waals surface area (Å²) in [4.78, 5) is 0. The van der Waals surface area contributed by atoms with Crippen LogP contribution in [0.1, 0.15) is 41.5 Å². The standard InChI is InChI=1S/C16H27O2P.CH2Cl.Pd/c1-15(2,3)19(16(4,5)6)14-10-9-12(17-7)11-13(14)18-8;1-2;/h9-11H,1-8H3;1H2;. The fourth-order valence-electron chi connectivity index (χ4n) is 2.70. The van der Waals surface area contributed by atoms with Crippen molar-refractivity contribution in [3.63, 3.8) is 0 Å². The number of hydrogen-bond donors (Lipinski definition) is 0. The van der Waals surface area contributed by atoms with Gasteiger partial charge in [0.05, 0.1) is 14.2 Å². The summed E-state index contributed by atoms with van der Waals surface area (Å²) in [5.41, 5.74) is 0. The first kappa shape index (κ1) is 22.2. The fourth-order valence-corrected chi connectivity index (χ4v) is 6.76. The Kier molecular flexibility index (Phi) is 9.57. The van der Waals surface area contributed by atoms with Gasteiger partial charge in [-0.2, -0.15) is 0 Å². The van der Waals surface area contributed by atoms with Crippen molar-refractivity contribution in [1.82, 2.24) is 0 Å². The molecule has 0 unspecified atom stereocenters. The van der Waals surface area contributed by atoms with Gasteiger partial charge in [-0.3, -0.25) is 0 Å². The zero-order chi connectivity index (χ0) is 17.6. The molecule has 0 aromatic heterocycles. The van der Waals surface area contributed by atoms with Crippen molar-refractivity contribution in [2.24, 2.45) is 0 Å². The molecule has 1 rings (SSSR count). The molecule has 0 amide bonds. The number of halogens is 1. The van der Waals surface area contributed by atoms with Crippen LogP contribution >= 0.6 is 19.5 Å². The monoisotopic (exact) mass is 437 g/mol.